The number of nitrogens with one attached hydrogen (secondary N) is 1. The van der Waals surface area contributed by atoms with Crippen LogP contribution >= 0.6 is 0 Å². The molecule has 96 valence electrons. The molecule has 0 fully saturated rings. The third-order valence-electron chi connectivity index (χ3n) is 2.98. The van der Waals surface area contributed by atoms with Crippen molar-refractivity contribution in [1.82, 2.24) is 5.32 Å². The van der Waals surface area contributed by atoms with E-state index in [0.29, 0.717) is 6.54 Å². The van der Waals surface area contributed by atoms with Gasteiger partial charge >= 0.3 is 0 Å². The number of rotatable bonds is 5. The molecule has 0 aliphatic rings. The number of furan rings is 1. The molecule has 0 aliphatic heterocycles. The van der Waals surface area contributed by atoms with E-state index in [0.717, 1.165) is 22.8 Å². The molecule has 2 aromatic rings. The van der Waals surface area contributed by atoms with Gasteiger partial charge in [-0.05, 0) is 32.0 Å². The standard InChI is InChI=1S/C15H19NO2/c1-11-8-9-13(18-11)10-16-12(2)14-6-4-5-7-15(14)17-3/h4-9,12,16H,10H2,1-3H3. The van der Waals surface area contributed by atoms with Gasteiger partial charge in [-0.3, -0.25) is 0 Å². The van der Waals surface area contributed by atoms with Crippen LogP contribution in [-0.2, 0) is 6.54 Å². The highest BCUT2D eigenvalue weighted by Gasteiger charge is 2.10. The Morgan fingerprint density at radius 3 is 2.67 bits per heavy atom. The Hall–Kier alpha value is -1.74. The molecule has 3 nitrogen and oxygen atoms in total. The Bertz CT molecular complexity index is 505. The van der Waals surface area contributed by atoms with Crippen molar-refractivity contribution in [3.8, 4) is 5.75 Å². The van der Waals surface area contributed by atoms with Gasteiger partial charge in [0.05, 0.1) is 13.7 Å². The van der Waals surface area contributed by atoms with Gasteiger partial charge in [-0.25, -0.2) is 0 Å². The van der Waals surface area contributed by atoms with Crippen molar-refractivity contribution < 1.29 is 9.15 Å². The Morgan fingerprint density at radius 2 is 2.00 bits per heavy atom. The minimum atomic E-state index is 0.214. The molecule has 18 heavy (non-hydrogen) atoms. The Labute approximate surface area is 108 Å². The second-order valence-electron chi connectivity index (χ2n) is 4.36. The number of methoxy groups -OCH3 is 1. The van der Waals surface area contributed by atoms with E-state index in [1.807, 2.05) is 37.3 Å². The maximum absolute atomic E-state index is 5.53. The molecular formula is C15H19NO2. The zero-order valence-electron chi connectivity index (χ0n) is 11.1. The highest BCUT2D eigenvalue weighted by atomic mass is 16.5. The first-order chi connectivity index (χ1) is 8.70. The average Bonchev–Trinajstić information content (AvgIpc) is 2.81. The molecule has 3 heteroatoms. The Kier molecular flexibility index (Phi) is 4.05. The van der Waals surface area contributed by atoms with E-state index in [2.05, 4.69) is 18.3 Å². The topological polar surface area (TPSA) is 34.4 Å². The van der Waals surface area contributed by atoms with Crippen molar-refractivity contribution in [1.29, 1.82) is 0 Å². The number of aryl methyl sites for hydroxylation is 1. The highest BCUT2D eigenvalue weighted by molar-refractivity contribution is 5.35. The van der Waals surface area contributed by atoms with Gasteiger partial charge in [0.1, 0.15) is 17.3 Å². The number of ether oxygens (including phenoxy) is 1. The summed E-state index contributed by atoms with van der Waals surface area (Å²) in [4.78, 5) is 0. The fraction of sp³-hybridized carbons (Fsp3) is 0.333. The lowest BCUT2D eigenvalue weighted by atomic mass is 10.1. The van der Waals surface area contributed by atoms with Crippen LogP contribution in [0.25, 0.3) is 0 Å². The van der Waals surface area contributed by atoms with Gasteiger partial charge < -0.3 is 14.5 Å². The van der Waals surface area contributed by atoms with Crippen LogP contribution in [0, 0.1) is 6.92 Å². The zero-order chi connectivity index (χ0) is 13.0. The van der Waals surface area contributed by atoms with Crippen molar-refractivity contribution >= 4 is 0 Å². The van der Waals surface area contributed by atoms with Gasteiger partial charge in [0.15, 0.2) is 0 Å². The average molecular weight is 245 g/mol. The smallest absolute Gasteiger partial charge is 0.123 e. The first-order valence-electron chi connectivity index (χ1n) is 6.12. The summed E-state index contributed by atoms with van der Waals surface area (Å²) in [5.74, 6) is 2.80. The Balaban J connectivity index is 2.01. The van der Waals surface area contributed by atoms with E-state index in [4.69, 9.17) is 9.15 Å². The Morgan fingerprint density at radius 1 is 1.22 bits per heavy atom. The molecule has 1 unspecified atom stereocenters. The molecule has 1 atom stereocenters. The van der Waals surface area contributed by atoms with Gasteiger partial charge in [0.2, 0.25) is 0 Å². The van der Waals surface area contributed by atoms with Gasteiger partial charge in [-0.1, -0.05) is 18.2 Å². The first kappa shape index (κ1) is 12.7. The van der Waals surface area contributed by atoms with Crippen LogP contribution in [0.5, 0.6) is 5.75 Å². The molecule has 0 radical (unpaired) electrons. The van der Waals surface area contributed by atoms with Gasteiger partial charge in [-0.15, -0.1) is 0 Å². The summed E-state index contributed by atoms with van der Waals surface area (Å²) in [6.45, 7) is 4.79. The molecule has 0 saturated heterocycles. The molecule has 1 aromatic carbocycles. The summed E-state index contributed by atoms with van der Waals surface area (Å²) in [7, 11) is 1.70. The summed E-state index contributed by atoms with van der Waals surface area (Å²) in [5.41, 5.74) is 1.16. The molecule has 0 amide bonds. The second kappa shape index (κ2) is 5.74. The quantitative estimate of drug-likeness (QED) is 0.876. The number of hydrogen-bond acceptors (Lipinski definition) is 3. The van der Waals surface area contributed by atoms with E-state index in [9.17, 15) is 0 Å². The van der Waals surface area contributed by atoms with Crippen LogP contribution < -0.4 is 10.1 Å². The number of hydrogen-bond donors (Lipinski definition) is 1. The molecule has 0 bridgehead atoms. The third kappa shape index (κ3) is 2.93. The monoisotopic (exact) mass is 245 g/mol. The fourth-order valence-corrected chi connectivity index (χ4v) is 1.97. The first-order valence-corrected chi connectivity index (χ1v) is 6.12. The van der Waals surface area contributed by atoms with E-state index < -0.39 is 0 Å². The molecule has 0 saturated carbocycles. The lowest BCUT2D eigenvalue weighted by Crippen LogP contribution is -2.18. The molecule has 0 spiro atoms. The predicted octanol–water partition coefficient (Wildman–Crippen LogP) is 3.45. The second-order valence-corrected chi connectivity index (χ2v) is 4.36. The minimum absolute atomic E-state index is 0.214. The van der Waals surface area contributed by atoms with Crippen molar-refractivity contribution in [2.45, 2.75) is 26.4 Å². The summed E-state index contributed by atoms with van der Waals surface area (Å²) in [6.07, 6.45) is 0. The van der Waals surface area contributed by atoms with Gasteiger partial charge in [-0.2, -0.15) is 0 Å². The molecule has 1 aromatic heterocycles. The van der Waals surface area contributed by atoms with Crippen molar-refractivity contribution in [3.05, 3.63) is 53.5 Å². The van der Waals surface area contributed by atoms with Gasteiger partial charge in [0, 0.05) is 11.6 Å². The lowest BCUT2D eigenvalue weighted by Gasteiger charge is -2.16. The third-order valence-corrected chi connectivity index (χ3v) is 2.98. The molecule has 1 N–H and O–H groups in total. The van der Waals surface area contributed by atoms with E-state index >= 15 is 0 Å². The van der Waals surface area contributed by atoms with Crippen LogP contribution in [0.4, 0.5) is 0 Å². The SMILES string of the molecule is COc1ccccc1C(C)NCc1ccc(C)o1. The van der Waals surface area contributed by atoms with Gasteiger partial charge in [0.25, 0.3) is 0 Å². The van der Waals surface area contributed by atoms with Crippen LogP contribution in [0.15, 0.2) is 40.8 Å². The summed E-state index contributed by atoms with van der Waals surface area (Å²) in [6, 6.07) is 12.2. The molecular weight excluding hydrogens is 226 g/mol. The highest BCUT2D eigenvalue weighted by Crippen LogP contribution is 2.24. The van der Waals surface area contributed by atoms with Crippen LogP contribution in [-0.4, -0.2) is 7.11 Å². The summed E-state index contributed by atoms with van der Waals surface area (Å²) < 4.78 is 10.9. The molecule has 1 heterocycles. The lowest BCUT2D eigenvalue weighted by molar-refractivity contribution is 0.396. The van der Waals surface area contributed by atoms with E-state index in [1.54, 1.807) is 7.11 Å². The molecule has 0 aliphatic carbocycles. The summed E-state index contributed by atoms with van der Waals surface area (Å²) in [5, 5.41) is 3.43. The summed E-state index contributed by atoms with van der Waals surface area (Å²) >= 11 is 0. The number of para-hydroxylation sites is 1. The van der Waals surface area contributed by atoms with E-state index in [1.165, 1.54) is 0 Å². The van der Waals surface area contributed by atoms with E-state index in [-0.39, 0.29) is 6.04 Å². The maximum atomic E-state index is 5.53. The number of benzene rings is 1. The van der Waals surface area contributed by atoms with Crippen molar-refractivity contribution in [2.75, 3.05) is 7.11 Å². The predicted molar refractivity (Wildman–Crippen MR) is 71.7 cm³/mol. The van der Waals surface area contributed by atoms with Crippen LogP contribution in [0.3, 0.4) is 0 Å². The maximum Gasteiger partial charge on any atom is 0.123 e. The minimum Gasteiger partial charge on any atom is -0.496 e. The van der Waals surface area contributed by atoms with Crippen LogP contribution in [0.1, 0.15) is 30.0 Å². The van der Waals surface area contributed by atoms with Crippen molar-refractivity contribution in [3.63, 3.8) is 0 Å². The molecule has 2 rings (SSSR count). The zero-order valence-corrected chi connectivity index (χ0v) is 11.1. The fourth-order valence-electron chi connectivity index (χ4n) is 1.97. The normalized spacial score (nSPS) is 12.4. The van der Waals surface area contributed by atoms with Crippen molar-refractivity contribution in [2.24, 2.45) is 0 Å². The van der Waals surface area contributed by atoms with Crippen LogP contribution in [0.2, 0.25) is 0 Å². The largest absolute Gasteiger partial charge is 0.496 e.